The summed E-state index contributed by atoms with van der Waals surface area (Å²) in [4.78, 5) is 63.3. The van der Waals surface area contributed by atoms with Gasteiger partial charge in [0.05, 0.1) is 21.7 Å². The molecule has 47 heavy (non-hydrogen) atoms. The van der Waals surface area contributed by atoms with Gasteiger partial charge in [0.2, 0.25) is 0 Å². The van der Waals surface area contributed by atoms with Gasteiger partial charge in [-0.05, 0) is 28.1 Å². The standard InChI is InChI=1S/C28H32BrN13O5/c1-14(29)24(43)35-22-11-20(42(5)37-22)28(47)36-23-10-19(41(4)38-23)27(46)34-16-9-18(40(3)13-16)26(45)33-15-8-17(39(2)12-15)25(44)32-7-6-21(30)31/h8-13H,1,6-7H2,2-5H3,(H3,30,31)(H,32,44)(H,33,45)(H,34,46)(H,35,37,43)(H,36,38,47). The molecule has 4 rings (SSSR count). The number of amides is 5. The molecule has 5 amide bonds. The molecule has 4 aromatic rings. The van der Waals surface area contributed by atoms with Crippen LogP contribution in [0.25, 0.3) is 0 Å². The van der Waals surface area contributed by atoms with Crippen molar-refractivity contribution in [3.8, 4) is 0 Å². The number of nitrogens with zero attached hydrogens (tertiary/aromatic N) is 6. The van der Waals surface area contributed by atoms with Gasteiger partial charge in [0.1, 0.15) is 22.8 Å². The van der Waals surface area contributed by atoms with E-state index in [-0.39, 0.29) is 57.9 Å². The Morgan fingerprint density at radius 3 is 1.68 bits per heavy atom. The molecule has 0 bridgehead atoms. The summed E-state index contributed by atoms with van der Waals surface area (Å²) in [5, 5.41) is 28.7. The fourth-order valence-corrected chi connectivity index (χ4v) is 4.45. The van der Waals surface area contributed by atoms with Gasteiger partial charge < -0.3 is 41.5 Å². The summed E-state index contributed by atoms with van der Waals surface area (Å²) in [5.74, 6) is -2.34. The number of aryl methyl sites for hydroxylation is 4. The molecule has 0 aliphatic heterocycles. The highest BCUT2D eigenvalue weighted by molar-refractivity contribution is 9.12. The molecule has 0 aromatic carbocycles. The predicted molar refractivity (Wildman–Crippen MR) is 177 cm³/mol. The van der Waals surface area contributed by atoms with E-state index in [1.54, 1.807) is 31.1 Å². The van der Waals surface area contributed by atoms with Crippen molar-refractivity contribution in [3.05, 3.63) is 70.5 Å². The van der Waals surface area contributed by atoms with Crippen molar-refractivity contribution in [1.82, 2.24) is 34.0 Å². The van der Waals surface area contributed by atoms with Crippen LogP contribution in [0.1, 0.15) is 48.4 Å². The first-order chi connectivity index (χ1) is 22.1. The molecule has 0 aliphatic rings. The van der Waals surface area contributed by atoms with Gasteiger partial charge in [0, 0.05) is 65.7 Å². The average Bonchev–Trinajstić information content (AvgIpc) is 3.73. The van der Waals surface area contributed by atoms with Gasteiger partial charge in [0.15, 0.2) is 11.6 Å². The molecule has 19 heteroatoms. The minimum atomic E-state index is -0.582. The molecular formula is C28H32BrN13O5. The zero-order chi connectivity index (χ0) is 34.6. The Morgan fingerprint density at radius 2 is 1.19 bits per heavy atom. The first-order valence-corrected chi connectivity index (χ1v) is 14.5. The van der Waals surface area contributed by atoms with Crippen molar-refractivity contribution < 1.29 is 24.0 Å². The quantitative estimate of drug-likeness (QED) is 0.0644. The monoisotopic (exact) mass is 709 g/mol. The second-order valence-electron chi connectivity index (χ2n) is 10.3. The molecule has 0 aliphatic carbocycles. The third kappa shape index (κ3) is 8.19. The molecule has 0 saturated carbocycles. The lowest BCUT2D eigenvalue weighted by atomic mass is 10.3. The lowest BCUT2D eigenvalue weighted by molar-refractivity contribution is -0.112. The highest BCUT2D eigenvalue weighted by atomic mass is 79.9. The molecular weight excluding hydrogens is 678 g/mol. The molecule has 8 N–H and O–H groups in total. The SMILES string of the molecule is C=C(Br)C(=O)Nc1cc(C(=O)Nc2cc(C(=O)Nc3cc(C(=O)Nc4cc(C(=O)NCCC(=N)N)n(C)c4)n(C)c3)n(C)n2)n(C)n1. The Kier molecular flexibility index (Phi) is 10.1. The molecule has 18 nitrogen and oxygen atoms in total. The molecule has 0 unspecified atom stereocenters. The predicted octanol–water partition coefficient (Wildman–Crippen LogP) is 1.49. The molecule has 0 radical (unpaired) electrons. The Balaban J connectivity index is 1.38. The molecule has 246 valence electrons. The normalized spacial score (nSPS) is 10.7. The second-order valence-corrected chi connectivity index (χ2v) is 11.2. The van der Waals surface area contributed by atoms with Crippen molar-refractivity contribution in [2.45, 2.75) is 6.42 Å². The van der Waals surface area contributed by atoms with Gasteiger partial charge in [-0.1, -0.05) is 6.58 Å². The van der Waals surface area contributed by atoms with Crippen LogP contribution in [0.3, 0.4) is 0 Å². The molecule has 4 heterocycles. The van der Waals surface area contributed by atoms with Crippen LogP contribution in [0.15, 0.2) is 47.7 Å². The molecule has 0 fully saturated rings. The summed E-state index contributed by atoms with van der Waals surface area (Å²) in [6, 6.07) is 5.74. The van der Waals surface area contributed by atoms with Gasteiger partial charge >= 0.3 is 0 Å². The van der Waals surface area contributed by atoms with Crippen molar-refractivity contribution in [3.63, 3.8) is 0 Å². The summed E-state index contributed by atoms with van der Waals surface area (Å²) in [5.41, 5.74) is 6.77. The van der Waals surface area contributed by atoms with Crippen LogP contribution in [-0.4, -0.2) is 70.6 Å². The lowest BCUT2D eigenvalue weighted by Crippen LogP contribution is -2.28. The van der Waals surface area contributed by atoms with Crippen LogP contribution in [0, 0.1) is 5.41 Å². The number of nitrogens with two attached hydrogens (primary N) is 1. The van der Waals surface area contributed by atoms with Gasteiger partial charge in [0.25, 0.3) is 29.5 Å². The van der Waals surface area contributed by atoms with E-state index in [2.05, 4.69) is 59.3 Å². The van der Waals surface area contributed by atoms with E-state index in [1.807, 2.05) is 0 Å². The van der Waals surface area contributed by atoms with E-state index >= 15 is 0 Å². The third-order valence-electron chi connectivity index (χ3n) is 6.63. The van der Waals surface area contributed by atoms with Crippen molar-refractivity contribution in [1.29, 1.82) is 5.41 Å². The van der Waals surface area contributed by atoms with Crippen molar-refractivity contribution in [2.75, 3.05) is 27.8 Å². The van der Waals surface area contributed by atoms with E-state index in [0.717, 1.165) is 0 Å². The summed E-state index contributed by atoms with van der Waals surface area (Å²) in [6.07, 6.45) is 3.35. The molecule has 0 spiro atoms. The van der Waals surface area contributed by atoms with Crippen LogP contribution in [0.2, 0.25) is 0 Å². The number of hydrogen-bond donors (Lipinski definition) is 7. The van der Waals surface area contributed by atoms with E-state index in [4.69, 9.17) is 11.1 Å². The zero-order valence-corrected chi connectivity index (χ0v) is 27.4. The number of carbonyl (C=O) groups excluding carboxylic acids is 5. The first kappa shape index (κ1) is 33.9. The maximum Gasteiger partial charge on any atom is 0.275 e. The summed E-state index contributed by atoms with van der Waals surface area (Å²) in [6.45, 7) is 3.68. The summed E-state index contributed by atoms with van der Waals surface area (Å²) in [7, 11) is 6.33. The highest BCUT2D eigenvalue weighted by Crippen LogP contribution is 2.19. The van der Waals surface area contributed by atoms with Crippen molar-refractivity contribution in [2.24, 2.45) is 33.9 Å². The number of carbonyl (C=O) groups is 5. The van der Waals surface area contributed by atoms with Crippen LogP contribution < -0.4 is 32.3 Å². The second kappa shape index (κ2) is 14.0. The number of nitrogens with one attached hydrogen (secondary N) is 6. The smallest absolute Gasteiger partial charge is 0.275 e. The summed E-state index contributed by atoms with van der Waals surface area (Å²) < 4.78 is 5.72. The van der Waals surface area contributed by atoms with Gasteiger partial charge in [-0.3, -0.25) is 38.7 Å². The van der Waals surface area contributed by atoms with E-state index in [0.29, 0.717) is 17.1 Å². The maximum absolute atomic E-state index is 13.1. The van der Waals surface area contributed by atoms with Crippen LogP contribution >= 0.6 is 15.9 Å². The summed E-state index contributed by atoms with van der Waals surface area (Å²) >= 11 is 2.97. The number of hydrogen-bond acceptors (Lipinski definition) is 8. The van der Waals surface area contributed by atoms with Crippen LogP contribution in [0.5, 0.6) is 0 Å². The van der Waals surface area contributed by atoms with E-state index in [9.17, 15) is 24.0 Å². The maximum atomic E-state index is 13.1. The number of aromatic nitrogens is 6. The highest BCUT2D eigenvalue weighted by Gasteiger charge is 2.21. The minimum absolute atomic E-state index is 0.0411. The third-order valence-corrected chi connectivity index (χ3v) is 6.99. The Hall–Kier alpha value is -5.98. The van der Waals surface area contributed by atoms with Crippen LogP contribution in [0.4, 0.5) is 23.0 Å². The Morgan fingerprint density at radius 1 is 0.745 bits per heavy atom. The van der Waals surface area contributed by atoms with E-state index < -0.39 is 23.6 Å². The Labute approximate surface area is 276 Å². The molecule has 0 atom stereocenters. The fourth-order valence-electron chi connectivity index (χ4n) is 4.35. The van der Waals surface area contributed by atoms with Gasteiger partial charge in [-0.25, -0.2) is 0 Å². The number of halogens is 1. The van der Waals surface area contributed by atoms with E-state index in [1.165, 1.54) is 52.3 Å². The minimum Gasteiger partial charge on any atom is -0.388 e. The largest absolute Gasteiger partial charge is 0.388 e. The van der Waals surface area contributed by atoms with Gasteiger partial charge in [-0.15, -0.1) is 0 Å². The van der Waals surface area contributed by atoms with Gasteiger partial charge in [-0.2, -0.15) is 10.2 Å². The Bertz CT molecular complexity index is 1930. The number of amidine groups is 1. The number of rotatable bonds is 12. The lowest BCUT2D eigenvalue weighted by Gasteiger charge is -2.04. The zero-order valence-electron chi connectivity index (χ0n) is 25.8. The van der Waals surface area contributed by atoms with Crippen molar-refractivity contribution >= 4 is 74.3 Å². The van der Waals surface area contributed by atoms with Crippen LogP contribution in [-0.2, 0) is 33.0 Å². The number of anilines is 4. The molecule has 0 saturated heterocycles. The topological polar surface area (TPSA) is 241 Å². The fraction of sp³-hybridized carbons (Fsp3) is 0.214. The first-order valence-electron chi connectivity index (χ1n) is 13.7. The average molecular weight is 711 g/mol. The molecule has 4 aromatic heterocycles.